The second-order valence-corrected chi connectivity index (χ2v) is 9.16. The normalized spacial score (nSPS) is 26.3. The van der Waals surface area contributed by atoms with Gasteiger partial charge in [0.15, 0.2) is 9.84 Å². The van der Waals surface area contributed by atoms with Gasteiger partial charge in [0.2, 0.25) is 0 Å². The minimum atomic E-state index is -2.96. The molecular formula is C16H24N4O3S. The Kier molecular flexibility index (Phi) is 4.76. The molecule has 2 saturated heterocycles. The van der Waals surface area contributed by atoms with Crippen LogP contribution in [0.1, 0.15) is 42.5 Å². The zero-order valence-electron chi connectivity index (χ0n) is 14.2. The summed E-state index contributed by atoms with van der Waals surface area (Å²) >= 11 is 0. The number of aryl methyl sites for hydroxylation is 1. The van der Waals surface area contributed by atoms with Crippen LogP contribution in [0.3, 0.4) is 0 Å². The highest BCUT2D eigenvalue weighted by Gasteiger charge is 2.29. The van der Waals surface area contributed by atoms with Crippen molar-refractivity contribution < 1.29 is 13.2 Å². The standard InChI is InChI=1S/C16H24N4O3S/c1-11-4-3-6-20(9-11)16(21)14-8-15(18-12(2)17-14)19-13-5-7-24(22,23)10-13/h8,11,13H,3-7,9-10H2,1-2H3,(H,17,18,19). The zero-order valence-corrected chi connectivity index (χ0v) is 15.0. The first-order chi connectivity index (χ1) is 11.3. The summed E-state index contributed by atoms with van der Waals surface area (Å²) in [7, 11) is -2.96. The maximum atomic E-state index is 12.7. The molecule has 1 N–H and O–H groups in total. The Bertz CT molecular complexity index is 735. The van der Waals surface area contributed by atoms with E-state index in [0.717, 1.165) is 25.9 Å². The molecule has 1 amide bonds. The van der Waals surface area contributed by atoms with Gasteiger partial charge in [-0.1, -0.05) is 6.92 Å². The van der Waals surface area contributed by atoms with Gasteiger partial charge in [0, 0.05) is 25.2 Å². The van der Waals surface area contributed by atoms with Gasteiger partial charge in [0.1, 0.15) is 17.3 Å². The van der Waals surface area contributed by atoms with E-state index in [0.29, 0.717) is 29.7 Å². The number of carbonyl (C=O) groups excluding carboxylic acids is 1. The van der Waals surface area contributed by atoms with E-state index < -0.39 is 9.84 Å². The molecule has 0 aromatic carbocycles. The fourth-order valence-corrected chi connectivity index (χ4v) is 5.08. The molecular weight excluding hydrogens is 328 g/mol. The first-order valence-corrected chi connectivity index (χ1v) is 10.3. The molecule has 3 rings (SSSR count). The van der Waals surface area contributed by atoms with Crippen molar-refractivity contribution in [2.75, 3.05) is 29.9 Å². The number of carbonyl (C=O) groups is 1. The van der Waals surface area contributed by atoms with Crippen LogP contribution in [-0.4, -0.2) is 59.8 Å². The lowest BCUT2D eigenvalue weighted by Gasteiger charge is -2.30. The maximum Gasteiger partial charge on any atom is 0.272 e. The van der Waals surface area contributed by atoms with Crippen molar-refractivity contribution in [2.24, 2.45) is 5.92 Å². The topological polar surface area (TPSA) is 92.3 Å². The third-order valence-electron chi connectivity index (χ3n) is 4.59. The van der Waals surface area contributed by atoms with E-state index in [1.165, 1.54) is 0 Å². The number of likely N-dealkylation sites (tertiary alicyclic amines) is 1. The van der Waals surface area contributed by atoms with Crippen LogP contribution in [0.5, 0.6) is 0 Å². The lowest BCUT2D eigenvalue weighted by Crippen LogP contribution is -2.39. The molecule has 0 aliphatic carbocycles. The summed E-state index contributed by atoms with van der Waals surface area (Å²) in [6, 6.07) is 1.49. The summed E-state index contributed by atoms with van der Waals surface area (Å²) < 4.78 is 23.2. The third-order valence-corrected chi connectivity index (χ3v) is 6.35. The third kappa shape index (κ3) is 4.03. The van der Waals surface area contributed by atoms with Gasteiger partial charge < -0.3 is 10.2 Å². The number of nitrogens with one attached hydrogen (secondary N) is 1. The van der Waals surface area contributed by atoms with Crippen molar-refractivity contribution in [2.45, 2.75) is 39.2 Å². The van der Waals surface area contributed by atoms with Crippen molar-refractivity contribution in [3.63, 3.8) is 0 Å². The van der Waals surface area contributed by atoms with E-state index in [1.54, 1.807) is 13.0 Å². The van der Waals surface area contributed by atoms with E-state index in [9.17, 15) is 13.2 Å². The molecule has 7 nitrogen and oxygen atoms in total. The summed E-state index contributed by atoms with van der Waals surface area (Å²) in [5.41, 5.74) is 0.375. The van der Waals surface area contributed by atoms with Crippen LogP contribution in [0.15, 0.2) is 6.07 Å². The molecule has 0 spiro atoms. The van der Waals surface area contributed by atoms with Gasteiger partial charge in [-0.3, -0.25) is 4.79 Å². The molecule has 3 heterocycles. The lowest BCUT2D eigenvalue weighted by atomic mass is 10.00. The highest BCUT2D eigenvalue weighted by molar-refractivity contribution is 7.91. The maximum absolute atomic E-state index is 12.7. The van der Waals surface area contributed by atoms with Crippen molar-refractivity contribution in [3.8, 4) is 0 Å². The average Bonchev–Trinajstić information content (AvgIpc) is 2.84. The highest BCUT2D eigenvalue weighted by atomic mass is 32.2. The van der Waals surface area contributed by atoms with Crippen LogP contribution >= 0.6 is 0 Å². The summed E-state index contributed by atoms with van der Waals surface area (Å²) in [6.45, 7) is 5.41. The van der Waals surface area contributed by atoms with Gasteiger partial charge in [0.05, 0.1) is 11.5 Å². The van der Waals surface area contributed by atoms with Crippen LogP contribution in [-0.2, 0) is 9.84 Å². The number of aromatic nitrogens is 2. The molecule has 24 heavy (non-hydrogen) atoms. The molecule has 8 heteroatoms. The molecule has 2 aliphatic heterocycles. The Morgan fingerprint density at radius 1 is 1.33 bits per heavy atom. The predicted molar refractivity (Wildman–Crippen MR) is 91.8 cm³/mol. The minimum Gasteiger partial charge on any atom is -0.366 e. The number of rotatable bonds is 3. The molecule has 1 aromatic heterocycles. The van der Waals surface area contributed by atoms with Gasteiger partial charge in [-0.2, -0.15) is 0 Å². The Hall–Kier alpha value is -1.70. The van der Waals surface area contributed by atoms with Gasteiger partial charge in [-0.25, -0.2) is 18.4 Å². The first kappa shape index (κ1) is 17.1. The minimum absolute atomic E-state index is 0.0749. The summed E-state index contributed by atoms with van der Waals surface area (Å²) in [5.74, 6) is 1.78. The zero-order chi connectivity index (χ0) is 17.3. The van der Waals surface area contributed by atoms with Crippen LogP contribution in [0.4, 0.5) is 5.82 Å². The molecule has 1 aromatic rings. The number of piperidine rings is 1. The van der Waals surface area contributed by atoms with Crippen molar-refractivity contribution >= 4 is 21.6 Å². The lowest BCUT2D eigenvalue weighted by molar-refractivity contribution is 0.0676. The molecule has 0 saturated carbocycles. The Labute approximate surface area is 142 Å². The van der Waals surface area contributed by atoms with E-state index >= 15 is 0 Å². The van der Waals surface area contributed by atoms with Crippen LogP contribution in [0.25, 0.3) is 0 Å². The summed E-state index contributed by atoms with van der Waals surface area (Å²) in [6.07, 6.45) is 2.73. The van der Waals surface area contributed by atoms with E-state index in [4.69, 9.17) is 0 Å². The fourth-order valence-electron chi connectivity index (χ4n) is 3.41. The smallest absolute Gasteiger partial charge is 0.272 e. The Balaban J connectivity index is 1.75. The van der Waals surface area contributed by atoms with Crippen molar-refractivity contribution in [1.29, 1.82) is 0 Å². The molecule has 0 bridgehead atoms. The molecule has 132 valence electrons. The van der Waals surface area contributed by atoms with E-state index in [2.05, 4.69) is 22.2 Å². The van der Waals surface area contributed by atoms with E-state index in [-0.39, 0.29) is 23.5 Å². The van der Waals surface area contributed by atoms with Crippen LogP contribution in [0.2, 0.25) is 0 Å². The molecule has 2 unspecified atom stereocenters. The van der Waals surface area contributed by atoms with Gasteiger partial charge in [-0.15, -0.1) is 0 Å². The number of nitrogens with zero attached hydrogens (tertiary/aromatic N) is 3. The highest BCUT2D eigenvalue weighted by Crippen LogP contribution is 2.20. The second kappa shape index (κ2) is 6.66. The summed E-state index contributed by atoms with van der Waals surface area (Å²) in [4.78, 5) is 23.1. The fraction of sp³-hybridized carbons (Fsp3) is 0.688. The number of hydrogen-bond donors (Lipinski definition) is 1. The number of sulfone groups is 1. The van der Waals surface area contributed by atoms with Crippen LogP contribution < -0.4 is 5.32 Å². The van der Waals surface area contributed by atoms with Crippen molar-refractivity contribution in [3.05, 3.63) is 17.6 Å². The largest absolute Gasteiger partial charge is 0.366 e. The number of amides is 1. The first-order valence-electron chi connectivity index (χ1n) is 8.44. The quantitative estimate of drug-likeness (QED) is 0.880. The molecule has 2 atom stereocenters. The number of anilines is 1. The van der Waals surface area contributed by atoms with Crippen LogP contribution in [0, 0.1) is 12.8 Å². The van der Waals surface area contributed by atoms with Crippen molar-refractivity contribution in [1.82, 2.24) is 14.9 Å². The number of hydrogen-bond acceptors (Lipinski definition) is 6. The molecule has 2 fully saturated rings. The summed E-state index contributed by atoms with van der Waals surface area (Å²) in [5, 5.41) is 3.14. The Morgan fingerprint density at radius 2 is 2.12 bits per heavy atom. The molecule has 2 aliphatic rings. The predicted octanol–water partition coefficient (Wildman–Crippen LogP) is 1.26. The van der Waals surface area contributed by atoms with Gasteiger partial charge >= 0.3 is 0 Å². The van der Waals surface area contributed by atoms with Gasteiger partial charge in [0.25, 0.3) is 5.91 Å². The van der Waals surface area contributed by atoms with Gasteiger partial charge in [-0.05, 0) is 32.1 Å². The SMILES string of the molecule is Cc1nc(NC2CCS(=O)(=O)C2)cc(C(=O)N2CCCC(C)C2)n1. The molecule has 0 radical (unpaired) electrons. The monoisotopic (exact) mass is 352 g/mol. The van der Waals surface area contributed by atoms with E-state index in [1.807, 2.05) is 4.90 Å². The second-order valence-electron chi connectivity index (χ2n) is 6.93. The average molecular weight is 352 g/mol. The Morgan fingerprint density at radius 3 is 2.79 bits per heavy atom.